The zero-order chi connectivity index (χ0) is 29.1. The molecule has 2 heterocycles. The van der Waals surface area contributed by atoms with E-state index in [2.05, 4.69) is 14.7 Å². The third-order valence-electron chi connectivity index (χ3n) is 6.53. The van der Waals surface area contributed by atoms with Crippen LogP contribution in [0, 0.1) is 5.82 Å². The number of nitrogens with zero attached hydrogens (tertiary/aromatic N) is 2. The molecule has 10 nitrogen and oxygen atoms in total. The number of ether oxygens (including phenoxy) is 1. The number of carbonyl (C=O) groups is 3. The second kappa shape index (κ2) is 11.5. The second-order valence-electron chi connectivity index (χ2n) is 9.02. The Morgan fingerprint density at radius 2 is 1.78 bits per heavy atom. The number of halogens is 1. The number of methoxy groups -OCH3 is 1. The van der Waals surface area contributed by atoms with Gasteiger partial charge in [-0.1, -0.05) is 42.5 Å². The van der Waals surface area contributed by atoms with Crippen LogP contribution >= 0.6 is 11.5 Å². The van der Waals surface area contributed by atoms with Crippen LogP contribution in [0.2, 0.25) is 0 Å². The fraction of sp³-hybridized carbons (Fsp3) is 0.103. The molecular formula is C29H25FN6O4S. The van der Waals surface area contributed by atoms with Crippen LogP contribution in [-0.2, 0) is 11.3 Å². The van der Waals surface area contributed by atoms with E-state index in [0.717, 1.165) is 10.5 Å². The van der Waals surface area contributed by atoms with Crippen LogP contribution in [0.3, 0.4) is 0 Å². The summed E-state index contributed by atoms with van der Waals surface area (Å²) in [4.78, 5) is 44.0. The Kier molecular flexibility index (Phi) is 7.66. The summed E-state index contributed by atoms with van der Waals surface area (Å²) in [6.45, 7) is 0.121. The number of hydrogen-bond acceptors (Lipinski definition) is 7. The molecule has 6 N–H and O–H groups in total. The van der Waals surface area contributed by atoms with Gasteiger partial charge in [-0.2, -0.15) is 4.37 Å². The maximum absolute atomic E-state index is 15.4. The quantitative estimate of drug-likeness (QED) is 0.208. The topological polar surface area (TPSA) is 156 Å². The van der Waals surface area contributed by atoms with Gasteiger partial charge in [0, 0.05) is 29.2 Å². The summed E-state index contributed by atoms with van der Waals surface area (Å²) in [6.07, 6.45) is 1.61. The highest BCUT2D eigenvalue weighted by atomic mass is 32.1. The number of nitrogen functional groups attached to an aromatic ring is 1. The van der Waals surface area contributed by atoms with Crippen LogP contribution in [0.1, 0.15) is 37.3 Å². The van der Waals surface area contributed by atoms with E-state index >= 15 is 4.39 Å². The number of amides is 3. The van der Waals surface area contributed by atoms with Crippen LogP contribution in [0.15, 0.2) is 79.0 Å². The Morgan fingerprint density at radius 1 is 1.07 bits per heavy atom. The summed E-state index contributed by atoms with van der Waals surface area (Å²) in [5, 5.41) is 3.53. The lowest BCUT2D eigenvalue weighted by Gasteiger charge is -2.31. The molecule has 1 atom stereocenters. The maximum Gasteiger partial charge on any atom is 0.273 e. The van der Waals surface area contributed by atoms with Gasteiger partial charge in [0.1, 0.15) is 22.5 Å². The molecule has 0 bridgehead atoms. The van der Waals surface area contributed by atoms with Gasteiger partial charge in [-0.15, -0.1) is 0 Å². The third-order valence-corrected chi connectivity index (χ3v) is 7.39. The molecule has 3 aromatic carbocycles. The molecule has 208 valence electrons. The molecule has 0 aliphatic heterocycles. The maximum atomic E-state index is 15.4. The minimum atomic E-state index is -1.35. The number of benzene rings is 3. The summed E-state index contributed by atoms with van der Waals surface area (Å²) in [7, 11) is 1.55. The molecule has 1 unspecified atom stereocenters. The molecule has 0 spiro atoms. The number of aromatic amines is 1. The monoisotopic (exact) mass is 572 g/mol. The van der Waals surface area contributed by atoms with E-state index in [1.165, 1.54) is 18.2 Å². The Balaban J connectivity index is 1.64. The molecule has 0 aliphatic rings. The lowest BCUT2D eigenvalue weighted by Crippen LogP contribution is -2.44. The van der Waals surface area contributed by atoms with E-state index < -0.39 is 29.6 Å². The van der Waals surface area contributed by atoms with Gasteiger partial charge < -0.3 is 26.5 Å². The Bertz CT molecular complexity index is 1750. The first-order valence-electron chi connectivity index (χ1n) is 12.4. The second-order valence-corrected chi connectivity index (χ2v) is 9.80. The Hall–Kier alpha value is -5.23. The van der Waals surface area contributed by atoms with Gasteiger partial charge in [0.15, 0.2) is 5.69 Å². The number of fused-ring (bicyclic) bond motifs is 1. The number of nitrogens with one attached hydrogen (secondary N) is 2. The number of H-pyrrole nitrogens is 1. The highest BCUT2D eigenvalue weighted by molar-refractivity contribution is 7.09. The smallest absolute Gasteiger partial charge is 0.273 e. The lowest BCUT2D eigenvalue weighted by molar-refractivity contribution is -0.122. The number of anilines is 2. The predicted molar refractivity (Wildman–Crippen MR) is 154 cm³/mol. The normalized spacial score (nSPS) is 11.7. The van der Waals surface area contributed by atoms with Crippen molar-refractivity contribution in [2.75, 3.05) is 17.7 Å². The predicted octanol–water partition coefficient (Wildman–Crippen LogP) is 4.16. The fourth-order valence-electron chi connectivity index (χ4n) is 4.50. The number of primary amides is 1. The summed E-state index contributed by atoms with van der Waals surface area (Å²) < 4.78 is 24.5. The van der Waals surface area contributed by atoms with Gasteiger partial charge in [0.05, 0.1) is 18.5 Å². The van der Waals surface area contributed by atoms with Crippen molar-refractivity contribution in [3.05, 3.63) is 107 Å². The van der Waals surface area contributed by atoms with E-state index in [0.29, 0.717) is 33.7 Å². The molecule has 3 amide bonds. The summed E-state index contributed by atoms with van der Waals surface area (Å²) >= 11 is 0.644. The zero-order valence-corrected chi connectivity index (χ0v) is 22.6. The number of para-hydroxylation sites is 2. The molecule has 0 radical (unpaired) electrons. The van der Waals surface area contributed by atoms with Gasteiger partial charge in [-0.25, -0.2) is 4.39 Å². The van der Waals surface area contributed by atoms with Crippen LogP contribution in [-0.4, -0.2) is 34.2 Å². The van der Waals surface area contributed by atoms with Crippen LogP contribution < -0.4 is 26.4 Å². The molecule has 0 fully saturated rings. The summed E-state index contributed by atoms with van der Waals surface area (Å²) in [5.41, 5.74) is 12.7. The average Bonchev–Trinajstić information content (AvgIpc) is 3.58. The standard InChI is InChI=1S/C29H25FN6O4S/c1-40-17-12-10-16(11-13-17)14-34-28(38)25(19-15-33-21-8-4-2-6-18(19)21)36(22-9-5-3-7-20(22)30)29(39)26-23(31)24(27(32)37)35-41-26/h2-13,15,25,33H,14,31H2,1H3,(H2,32,37)(H,34,38). The van der Waals surface area contributed by atoms with Crippen molar-refractivity contribution >= 4 is 51.5 Å². The minimum Gasteiger partial charge on any atom is -0.497 e. The Labute approximate surface area is 237 Å². The molecule has 5 aromatic rings. The van der Waals surface area contributed by atoms with Gasteiger partial charge in [-0.3, -0.25) is 19.3 Å². The Morgan fingerprint density at radius 3 is 2.46 bits per heavy atom. The lowest BCUT2D eigenvalue weighted by atomic mass is 10.0. The van der Waals surface area contributed by atoms with Gasteiger partial charge in [0.25, 0.3) is 11.8 Å². The highest BCUT2D eigenvalue weighted by Gasteiger charge is 2.38. The van der Waals surface area contributed by atoms with Crippen molar-refractivity contribution in [3.63, 3.8) is 0 Å². The van der Waals surface area contributed by atoms with Crippen molar-refractivity contribution in [2.24, 2.45) is 5.73 Å². The van der Waals surface area contributed by atoms with Crippen LogP contribution in [0.5, 0.6) is 5.75 Å². The van der Waals surface area contributed by atoms with E-state index in [4.69, 9.17) is 16.2 Å². The van der Waals surface area contributed by atoms with Crippen molar-refractivity contribution in [3.8, 4) is 5.75 Å². The first-order valence-corrected chi connectivity index (χ1v) is 13.2. The number of hydrogen-bond donors (Lipinski definition) is 4. The zero-order valence-electron chi connectivity index (χ0n) is 21.8. The van der Waals surface area contributed by atoms with Crippen molar-refractivity contribution in [2.45, 2.75) is 12.6 Å². The highest BCUT2D eigenvalue weighted by Crippen LogP contribution is 2.37. The van der Waals surface area contributed by atoms with Crippen molar-refractivity contribution in [1.29, 1.82) is 0 Å². The molecule has 0 aliphatic carbocycles. The SMILES string of the molecule is COc1ccc(CNC(=O)C(c2c[nH]c3ccccc23)N(C(=O)c2snc(C(N)=O)c2N)c2ccccc2F)cc1. The molecular weight excluding hydrogens is 547 g/mol. The molecule has 2 aromatic heterocycles. The van der Waals surface area contributed by atoms with E-state index in [1.807, 2.05) is 12.1 Å². The van der Waals surface area contributed by atoms with Gasteiger partial charge in [-0.05, 0) is 47.4 Å². The van der Waals surface area contributed by atoms with E-state index in [-0.39, 0.29) is 28.5 Å². The third kappa shape index (κ3) is 5.32. The van der Waals surface area contributed by atoms with Crippen molar-refractivity contribution < 1.29 is 23.5 Å². The summed E-state index contributed by atoms with van der Waals surface area (Å²) in [6, 6.07) is 18.6. The number of aromatic nitrogens is 2. The van der Waals surface area contributed by atoms with E-state index in [1.54, 1.807) is 55.8 Å². The first-order chi connectivity index (χ1) is 19.8. The number of carbonyl (C=O) groups excluding carboxylic acids is 3. The van der Waals surface area contributed by atoms with Crippen molar-refractivity contribution in [1.82, 2.24) is 14.7 Å². The molecule has 0 saturated carbocycles. The minimum absolute atomic E-state index is 0.121. The first kappa shape index (κ1) is 27.3. The summed E-state index contributed by atoms with van der Waals surface area (Å²) in [5.74, 6) is -2.41. The number of rotatable bonds is 9. The molecule has 5 rings (SSSR count). The van der Waals surface area contributed by atoms with Gasteiger partial charge in [0.2, 0.25) is 5.91 Å². The van der Waals surface area contributed by atoms with Crippen LogP contribution in [0.25, 0.3) is 10.9 Å². The number of nitrogens with two attached hydrogens (primary N) is 2. The molecule has 0 saturated heterocycles. The average molecular weight is 573 g/mol. The molecule has 12 heteroatoms. The van der Waals surface area contributed by atoms with Gasteiger partial charge >= 0.3 is 0 Å². The molecule has 41 heavy (non-hydrogen) atoms. The van der Waals surface area contributed by atoms with Crippen LogP contribution in [0.4, 0.5) is 15.8 Å². The largest absolute Gasteiger partial charge is 0.497 e. The fourth-order valence-corrected chi connectivity index (χ4v) is 5.24. The van der Waals surface area contributed by atoms with E-state index in [9.17, 15) is 14.4 Å².